The van der Waals surface area contributed by atoms with Gasteiger partial charge in [0.2, 0.25) is 5.14 Å². The second kappa shape index (κ2) is 5.84. The van der Waals surface area contributed by atoms with E-state index in [1.807, 2.05) is 0 Å². The average molecular weight is 174 g/mol. The summed E-state index contributed by atoms with van der Waals surface area (Å²) in [6.45, 7) is 0. The molecule has 0 aliphatic heterocycles. The van der Waals surface area contributed by atoms with Crippen LogP contribution in [0.2, 0.25) is 0 Å². The smallest absolute Gasteiger partial charge is 0.246 e. The van der Waals surface area contributed by atoms with Crippen LogP contribution < -0.4 is 12.4 Å². The van der Waals surface area contributed by atoms with Crippen LogP contribution in [0, 0.1) is 0 Å². The van der Waals surface area contributed by atoms with Crippen molar-refractivity contribution in [1.29, 1.82) is 0 Å². The van der Waals surface area contributed by atoms with Gasteiger partial charge in [-0.05, 0) is 0 Å². The summed E-state index contributed by atoms with van der Waals surface area (Å²) >= 11 is 0. The molecule has 0 aliphatic carbocycles. The van der Waals surface area contributed by atoms with Crippen molar-refractivity contribution >= 4 is 0 Å². The zero-order valence-corrected chi connectivity index (χ0v) is 7.21. The Labute approximate surface area is 66.2 Å². The molecule has 0 saturated heterocycles. The third kappa shape index (κ3) is 2.78. The molecule has 0 amide bonds. The van der Waals surface area contributed by atoms with Gasteiger partial charge in [-0.1, -0.05) is 19.4 Å². The molecular weight excluding hydrogens is 162 g/mol. The molecule has 0 rings (SSSR count). The van der Waals surface area contributed by atoms with Crippen molar-refractivity contribution in [3.8, 4) is 0 Å². The lowest BCUT2D eigenvalue weighted by molar-refractivity contribution is -1.47. The minimum atomic E-state index is -0.722. The van der Waals surface area contributed by atoms with Crippen LogP contribution in [0.15, 0.2) is 0 Å². The Morgan fingerprint density at radius 1 is 0.700 bits per heavy atom. The van der Waals surface area contributed by atoms with Gasteiger partial charge in [0.05, 0.1) is 0 Å². The summed E-state index contributed by atoms with van der Waals surface area (Å²) in [6.07, 6.45) is 0. The highest BCUT2D eigenvalue weighted by Gasteiger charge is 2.31. The van der Waals surface area contributed by atoms with Crippen LogP contribution in [-0.2, 0) is 19.4 Å². The zero-order chi connectivity index (χ0) is 7.33. The van der Waals surface area contributed by atoms with Crippen molar-refractivity contribution < 1.29 is 36.9 Å². The highest BCUT2D eigenvalue weighted by molar-refractivity contribution is 3.56. The van der Waals surface area contributed by atoms with E-state index in [1.165, 1.54) is 28.4 Å². The number of hydrogen-bond donors (Lipinski definition) is 0. The Morgan fingerprint density at radius 3 is 0.900 bits per heavy atom. The third-order valence-corrected chi connectivity index (χ3v) is 0.894. The van der Waals surface area contributed by atoms with Crippen molar-refractivity contribution in [2.45, 2.75) is 0 Å². The molecule has 5 nitrogen and oxygen atoms in total. The second-order valence-electron chi connectivity index (χ2n) is 1.18. The summed E-state index contributed by atoms with van der Waals surface area (Å²) in [4.78, 5) is 18.6. The van der Waals surface area contributed by atoms with Crippen molar-refractivity contribution in [3.63, 3.8) is 0 Å². The van der Waals surface area contributed by atoms with Gasteiger partial charge in [-0.15, -0.1) is 0 Å². The molecule has 0 atom stereocenters. The fourth-order valence-corrected chi connectivity index (χ4v) is 0.447. The van der Waals surface area contributed by atoms with Crippen molar-refractivity contribution in [2.75, 3.05) is 28.4 Å². The Morgan fingerprint density at radius 2 is 0.900 bits per heavy atom. The van der Waals surface area contributed by atoms with Gasteiger partial charge >= 0.3 is 0 Å². The lowest BCUT2D eigenvalue weighted by atomic mass is 11.6. The molecule has 0 aromatic carbocycles. The SMILES string of the molecule is CO[N+](OC)(OC)OC.[Cl-]. The molecular formula is C4H12ClNO4. The second-order valence-corrected chi connectivity index (χ2v) is 1.18. The molecule has 64 valence electrons. The lowest BCUT2D eigenvalue weighted by Gasteiger charge is -2.18. The Kier molecular flexibility index (Phi) is 7.44. The minimum absolute atomic E-state index is 0. The number of halogens is 1. The summed E-state index contributed by atoms with van der Waals surface area (Å²) in [5, 5.41) is -0.722. The van der Waals surface area contributed by atoms with Gasteiger partial charge in [0, 0.05) is 0 Å². The van der Waals surface area contributed by atoms with E-state index in [1.54, 1.807) is 0 Å². The van der Waals surface area contributed by atoms with Crippen LogP contribution in [0.3, 0.4) is 0 Å². The first-order valence-electron chi connectivity index (χ1n) is 2.36. The number of quaternary nitrogens is 1. The Balaban J connectivity index is 0. The average Bonchev–Trinajstić information content (AvgIpc) is 1.95. The van der Waals surface area contributed by atoms with Crippen LogP contribution >= 0.6 is 0 Å². The molecule has 0 unspecified atom stereocenters. The van der Waals surface area contributed by atoms with E-state index < -0.39 is 5.14 Å². The first kappa shape index (κ1) is 12.7. The molecule has 0 bridgehead atoms. The third-order valence-electron chi connectivity index (χ3n) is 0.894. The monoisotopic (exact) mass is 173 g/mol. The number of rotatable bonds is 4. The van der Waals surface area contributed by atoms with Crippen LogP contribution in [-0.4, -0.2) is 33.6 Å². The zero-order valence-electron chi connectivity index (χ0n) is 6.46. The van der Waals surface area contributed by atoms with Gasteiger partial charge in [-0.25, -0.2) is 0 Å². The van der Waals surface area contributed by atoms with E-state index >= 15 is 0 Å². The van der Waals surface area contributed by atoms with Gasteiger partial charge in [-0.2, -0.15) is 0 Å². The van der Waals surface area contributed by atoms with E-state index in [2.05, 4.69) is 19.4 Å². The standard InChI is InChI=1S/C4H12NO4.ClH/c1-6-5(7-2,8-3)9-4;/h1-4H3;1H/q+1;/p-1. The fraction of sp³-hybridized carbons (Fsp3) is 1.00. The minimum Gasteiger partial charge on any atom is -1.00 e. The molecule has 0 radical (unpaired) electrons. The highest BCUT2D eigenvalue weighted by Crippen LogP contribution is 2.05. The quantitative estimate of drug-likeness (QED) is 0.337. The normalized spacial score (nSPS) is 10.8. The topological polar surface area (TPSA) is 36.9 Å². The predicted octanol–water partition coefficient (Wildman–Crippen LogP) is -2.95. The van der Waals surface area contributed by atoms with E-state index in [4.69, 9.17) is 0 Å². The van der Waals surface area contributed by atoms with Gasteiger partial charge in [0.1, 0.15) is 28.4 Å². The summed E-state index contributed by atoms with van der Waals surface area (Å²) in [5.74, 6) is 0. The predicted molar refractivity (Wildman–Crippen MR) is 28.3 cm³/mol. The number of nitrogens with zero attached hydrogens (tertiary/aromatic N) is 1. The first-order valence-corrected chi connectivity index (χ1v) is 2.36. The molecule has 6 heteroatoms. The summed E-state index contributed by atoms with van der Waals surface area (Å²) < 4.78 is 0. The first-order chi connectivity index (χ1) is 4.24. The van der Waals surface area contributed by atoms with Crippen LogP contribution in [0.25, 0.3) is 0 Å². The molecule has 10 heavy (non-hydrogen) atoms. The van der Waals surface area contributed by atoms with E-state index in [0.29, 0.717) is 0 Å². The van der Waals surface area contributed by atoms with Crippen molar-refractivity contribution in [2.24, 2.45) is 0 Å². The molecule has 0 fully saturated rings. The molecule has 0 aromatic heterocycles. The molecule has 0 heterocycles. The molecule has 0 N–H and O–H groups in total. The molecule has 0 spiro atoms. The summed E-state index contributed by atoms with van der Waals surface area (Å²) in [7, 11) is 5.60. The maximum absolute atomic E-state index is 4.66. The Hall–Kier alpha value is 0.0900. The van der Waals surface area contributed by atoms with Gasteiger partial charge < -0.3 is 12.4 Å². The van der Waals surface area contributed by atoms with E-state index in [-0.39, 0.29) is 12.4 Å². The van der Waals surface area contributed by atoms with Crippen molar-refractivity contribution in [3.05, 3.63) is 0 Å². The maximum atomic E-state index is 4.66. The number of hydrogen-bond acceptors (Lipinski definition) is 4. The van der Waals surface area contributed by atoms with E-state index in [9.17, 15) is 0 Å². The van der Waals surface area contributed by atoms with Crippen molar-refractivity contribution in [1.82, 2.24) is 0 Å². The molecule has 0 aliphatic rings. The summed E-state index contributed by atoms with van der Waals surface area (Å²) in [6, 6.07) is 0. The van der Waals surface area contributed by atoms with Crippen LogP contribution in [0.1, 0.15) is 0 Å². The molecule has 0 saturated carbocycles. The van der Waals surface area contributed by atoms with Gasteiger partial charge in [0.25, 0.3) is 0 Å². The maximum Gasteiger partial charge on any atom is 0.246 e. The highest BCUT2D eigenvalue weighted by atomic mass is 35.5. The van der Waals surface area contributed by atoms with Gasteiger partial charge in [0.15, 0.2) is 0 Å². The van der Waals surface area contributed by atoms with Crippen LogP contribution in [0.4, 0.5) is 0 Å². The van der Waals surface area contributed by atoms with Crippen LogP contribution in [0.5, 0.6) is 0 Å². The molecule has 0 aromatic rings. The largest absolute Gasteiger partial charge is 1.00 e. The van der Waals surface area contributed by atoms with E-state index in [0.717, 1.165) is 0 Å². The fourth-order valence-electron chi connectivity index (χ4n) is 0.447. The Bertz CT molecular complexity index is 60.1. The lowest BCUT2D eigenvalue weighted by Crippen LogP contribution is -3.00. The summed E-state index contributed by atoms with van der Waals surface area (Å²) in [5.41, 5.74) is 0. The van der Waals surface area contributed by atoms with Gasteiger partial charge in [-0.3, -0.25) is 0 Å².